The zero-order chi connectivity index (χ0) is 21.0. The van der Waals surface area contributed by atoms with Crippen LogP contribution in [0.5, 0.6) is 5.75 Å². The number of nitrogens with zero attached hydrogens (tertiary/aromatic N) is 2. The van der Waals surface area contributed by atoms with Gasteiger partial charge in [0.25, 0.3) is 5.91 Å². The number of carbonyl (C=O) groups is 2. The van der Waals surface area contributed by atoms with E-state index in [1.807, 2.05) is 6.07 Å². The largest absolute Gasteiger partial charge is 0.495 e. The van der Waals surface area contributed by atoms with Crippen molar-refractivity contribution in [2.24, 2.45) is 0 Å². The van der Waals surface area contributed by atoms with E-state index in [0.717, 1.165) is 0 Å². The highest BCUT2D eigenvalue weighted by molar-refractivity contribution is 6.05. The van der Waals surface area contributed by atoms with Crippen LogP contribution in [-0.4, -0.2) is 35.5 Å². The van der Waals surface area contributed by atoms with Gasteiger partial charge in [-0.15, -0.1) is 0 Å². The fraction of sp³-hybridized carbons (Fsp3) is 0.143. The topological polar surface area (TPSA) is 108 Å². The molecule has 2 N–H and O–H groups in total. The lowest BCUT2D eigenvalue weighted by molar-refractivity contribution is 0.0954. The molecule has 3 rings (SSSR count). The molecule has 0 unspecified atom stereocenters. The first-order chi connectivity index (χ1) is 14.0. The first-order valence-electron chi connectivity index (χ1n) is 8.65. The van der Waals surface area contributed by atoms with Crippen molar-refractivity contribution < 1.29 is 18.7 Å². The zero-order valence-electron chi connectivity index (χ0n) is 15.7. The maximum atomic E-state index is 13.7. The van der Waals surface area contributed by atoms with Gasteiger partial charge in [0.1, 0.15) is 18.1 Å². The molecule has 1 amide bonds. The molecule has 0 spiro atoms. The van der Waals surface area contributed by atoms with Gasteiger partial charge < -0.3 is 10.1 Å². The van der Waals surface area contributed by atoms with Gasteiger partial charge in [-0.25, -0.2) is 4.39 Å². The quantitative estimate of drug-likeness (QED) is 0.494. The van der Waals surface area contributed by atoms with Crippen LogP contribution in [-0.2, 0) is 0 Å². The monoisotopic (exact) mass is 392 g/mol. The minimum atomic E-state index is -0.574. The van der Waals surface area contributed by atoms with Crippen molar-refractivity contribution in [1.29, 1.82) is 5.26 Å². The average molecular weight is 392 g/mol. The van der Waals surface area contributed by atoms with Crippen molar-refractivity contribution in [3.8, 4) is 11.8 Å². The highest BCUT2D eigenvalue weighted by atomic mass is 19.1. The van der Waals surface area contributed by atoms with E-state index in [0.29, 0.717) is 27.9 Å². The van der Waals surface area contributed by atoms with Crippen LogP contribution in [0.4, 0.5) is 4.39 Å². The van der Waals surface area contributed by atoms with Crippen molar-refractivity contribution in [3.05, 3.63) is 58.5 Å². The van der Waals surface area contributed by atoms with E-state index in [1.54, 1.807) is 30.4 Å². The molecule has 0 fully saturated rings. The highest BCUT2D eigenvalue weighted by Crippen LogP contribution is 2.32. The molecule has 1 aromatic heterocycles. The van der Waals surface area contributed by atoms with Crippen LogP contribution in [0, 0.1) is 17.1 Å². The summed E-state index contributed by atoms with van der Waals surface area (Å²) in [5.41, 5.74) is 2.05. The fourth-order valence-corrected chi connectivity index (χ4v) is 2.92. The van der Waals surface area contributed by atoms with Crippen LogP contribution in [0.1, 0.15) is 38.9 Å². The minimum absolute atomic E-state index is 0.00747. The second-order valence-electron chi connectivity index (χ2n) is 6.15. The Hall–Kier alpha value is -3.99. The van der Waals surface area contributed by atoms with Gasteiger partial charge in [0.2, 0.25) is 0 Å². The molecule has 0 aliphatic carbocycles. The summed E-state index contributed by atoms with van der Waals surface area (Å²) in [7, 11) is 1.44. The number of aromatic nitrogens is 2. The average Bonchev–Trinajstić information content (AvgIpc) is 3.13. The number of benzene rings is 2. The SMILES string of the molecule is COc1c(C(=O)NCC#N)ccc2[nH]nc(/C=C/c3ccc(F)c(C(C)=O)c3)c12. The Kier molecular flexibility index (Phi) is 5.69. The molecule has 8 heteroatoms. The maximum Gasteiger partial charge on any atom is 0.255 e. The van der Waals surface area contributed by atoms with Gasteiger partial charge in [0.05, 0.1) is 40.9 Å². The Labute approximate surface area is 165 Å². The Morgan fingerprint density at radius 3 is 2.76 bits per heavy atom. The first-order valence-corrected chi connectivity index (χ1v) is 8.65. The lowest BCUT2D eigenvalue weighted by Gasteiger charge is -2.09. The molecule has 0 atom stereocenters. The number of Topliss-reactive ketones (excluding diaryl/α,β-unsaturated/α-hetero) is 1. The number of halogens is 1. The maximum absolute atomic E-state index is 13.7. The van der Waals surface area contributed by atoms with E-state index in [1.165, 1.54) is 26.2 Å². The molecule has 29 heavy (non-hydrogen) atoms. The van der Waals surface area contributed by atoms with Crippen molar-refractivity contribution in [3.63, 3.8) is 0 Å². The fourth-order valence-electron chi connectivity index (χ4n) is 2.92. The van der Waals surface area contributed by atoms with E-state index in [4.69, 9.17) is 10.00 Å². The Morgan fingerprint density at radius 1 is 1.28 bits per heavy atom. The lowest BCUT2D eigenvalue weighted by Crippen LogP contribution is -2.24. The Bertz CT molecular complexity index is 1170. The summed E-state index contributed by atoms with van der Waals surface area (Å²) >= 11 is 0. The third-order valence-electron chi connectivity index (χ3n) is 4.29. The number of fused-ring (bicyclic) bond motifs is 1. The summed E-state index contributed by atoms with van der Waals surface area (Å²) in [5.74, 6) is -1.06. The van der Waals surface area contributed by atoms with E-state index >= 15 is 0 Å². The number of nitrogens with one attached hydrogen (secondary N) is 2. The van der Waals surface area contributed by atoms with Crippen molar-refractivity contribution in [1.82, 2.24) is 15.5 Å². The molecular weight excluding hydrogens is 375 g/mol. The Morgan fingerprint density at radius 2 is 2.07 bits per heavy atom. The van der Waals surface area contributed by atoms with Crippen LogP contribution >= 0.6 is 0 Å². The first kappa shape index (κ1) is 19.8. The Balaban J connectivity index is 2.03. The standard InChI is InChI=1S/C21H17FN4O3/c1-12(27)15-11-13(3-6-16(15)22)4-7-17-19-18(26-25-17)8-5-14(20(19)29-2)21(28)24-10-9-23/h3-8,11H,10H2,1-2H3,(H,24,28)(H,25,26)/b7-4+. The minimum Gasteiger partial charge on any atom is -0.495 e. The summed E-state index contributed by atoms with van der Waals surface area (Å²) in [6.45, 7) is 1.18. The molecule has 0 radical (unpaired) electrons. The van der Waals surface area contributed by atoms with Gasteiger partial charge in [-0.2, -0.15) is 10.4 Å². The number of aromatic amines is 1. The summed E-state index contributed by atoms with van der Waals surface area (Å²) in [5, 5.41) is 18.8. The molecule has 0 bridgehead atoms. The summed E-state index contributed by atoms with van der Waals surface area (Å²) in [6.07, 6.45) is 3.36. The number of nitriles is 1. The molecule has 146 valence electrons. The van der Waals surface area contributed by atoms with E-state index in [-0.39, 0.29) is 23.5 Å². The summed E-state index contributed by atoms with van der Waals surface area (Å²) in [6, 6.07) is 9.36. The van der Waals surface area contributed by atoms with Gasteiger partial charge in [-0.05, 0) is 42.8 Å². The van der Waals surface area contributed by atoms with Crippen LogP contribution in [0.2, 0.25) is 0 Å². The number of hydrogen-bond acceptors (Lipinski definition) is 5. The molecular formula is C21H17FN4O3. The molecule has 2 aromatic carbocycles. The van der Waals surface area contributed by atoms with Gasteiger partial charge >= 0.3 is 0 Å². The highest BCUT2D eigenvalue weighted by Gasteiger charge is 2.18. The molecule has 1 heterocycles. The second kappa shape index (κ2) is 8.35. The molecule has 0 saturated heterocycles. The number of hydrogen-bond donors (Lipinski definition) is 2. The van der Waals surface area contributed by atoms with Crippen molar-refractivity contribution in [2.75, 3.05) is 13.7 Å². The smallest absolute Gasteiger partial charge is 0.255 e. The van der Waals surface area contributed by atoms with Crippen LogP contribution in [0.25, 0.3) is 23.1 Å². The third-order valence-corrected chi connectivity index (χ3v) is 4.29. The van der Waals surface area contributed by atoms with Crippen LogP contribution < -0.4 is 10.1 Å². The van der Waals surface area contributed by atoms with E-state index < -0.39 is 11.7 Å². The molecule has 7 nitrogen and oxygen atoms in total. The number of ether oxygens (including phenoxy) is 1. The predicted molar refractivity (Wildman–Crippen MR) is 106 cm³/mol. The number of H-pyrrole nitrogens is 1. The van der Waals surface area contributed by atoms with Gasteiger partial charge in [0, 0.05) is 0 Å². The van der Waals surface area contributed by atoms with Crippen LogP contribution in [0.15, 0.2) is 30.3 Å². The van der Waals surface area contributed by atoms with E-state index in [9.17, 15) is 14.0 Å². The zero-order valence-corrected chi connectivity index (χ0v) is 15.7. The lowest BCUT2D eigenvalue weighted by atomic mass is 10.0. The number of carbonyl (C=O) groups excluding carboxylic acids is 2. The predicted octanol–water partition coefficient (Wildman–Crippen LogP) is 3.34. The van der Waals surface area contributed by atoms with Gasteiger partial charge in [0.15, 0.2) is 5.78 Å². The van der Waals surface area contributed by atoms with Crippen molar-refractivity contribution >= 4 is 34.7 Å². The van der Waals surface area contributed by atoms with E-state index in [2.05, 4.69) is 15.5 Å². The van der Waals surface area contributed by atoms with Gasteiger partial charge in [-0.3, -0.25) is 14.7 Å². The number of methoxy groups -OCH3 is 1. The normalized spacial score (nSPS) is 10.8. The van der Waals surface area contributed by atoms with Gasteiger partial charge in [-0.1, -0.05) is 12.1 Å². The third kappa shape index (κ3) is 3.99. The summed E-state index contributed by atoms with van der Waals surface area (Å²) < 4.78 is 19.2. The van der Waals surface area contributed by atoms with Crippen molar-refractivity contribution in [2.45, 2.75) is 6.92 Å². The number of amides is 1. The molecule has 3 aromatic rings. The summed E-state index contributed by atoms with van der Waals surface area (Å²) in [4.78, 5) is 23.8. The van der Waals surface area contributed by atoms with Crippen LogP contribution in [0.3, 0.4) is 0 Å². The second-order valence-corrected chi connectivity index (χ2v) is 6.15. The molecule has 0 saturated carbocycles. The molecule has 0 aliphatic rings. The number of rotatable bonds is 6. The molecule has 0 aliphatic heterocycles. The number of ketones is 1.